The fourth-order valence-corrected chi connectivity index (χ4v) is 1.71. The fourth-order valence-electron chi connectivity index (χ4n) is 1.59. The summed E-state index contributed by atoms with van der Waals surface area (Å²) in [6.07, 6.45) is 0. The van der Waals surface area contributed by atoms with Gasteiger partial charge in [-0.3, -0.25) is 0 Å². The Balaban J connectivity index is 2.44. The minimum absolute atomic E-state index is 0.0836. The van der Waals surface area contributed by atoms with Crippen LogP contribution in [0.2, 0.25) is 5.02 Å². The van der Waals surface area contributed by atoms with Crippen molar-refractivity contribution in [2.24, 2.45) is 5.73 Å². The topological polar surface area (TPSA) is 54.7 Å². The third-order valence-electron chi connectivity index (χ3n) is 2.45. The van der Waals surface area contributed by atoms with Gasteiger partial charge in [0.05, 0.1) is 11.7 Å². The number of nitrogens with two attached hydrogens (primary N) is 1. The van der Waals surface area contributed by atoms with Crippen LogP contribution < -0.4 is 5.73 Å². The van der Waals surface area contributed by atoms with Gasteiger partial charge in [-0.2, -0.15) is 0 Å². The maximum Gasteiger partial charge on any atom is 0.123 e. The van der Waals surface area contributed by atoms with Gasteiger partial charge in [0.25, 0.3) is 0 Å². The van der Waals surface area contributed by atoms with Gasteiger partial charge in [-0.25, -0.2) is 4.98 Å². The summed E-state index contributed by atoms with van der Waals surface area (Å²) in [5, 5.41) is 0.726. The zero-order valence-electron chi connectivity index (χ0n) is 9.29. The van der Waals surface area contributed by atoms with Gasteiger partial charge in [-0.1, -0.05) is 23.7 Å². The van der Waals surface area contributed by atoms with E-state index in [0.717, 1.165) is 27.8 Å². The number of aryl methyl sites for hydroxylation is 1. The largest absolute Gasteiger partial charge is 0.344 e. The average molecular weight is 236 g/mol. The first-order valence-electron chi connectivity index (χ1n) is 5.16. The molecule has 0 aliphatic heterocycles. The van der Waals surface area contributed by atoms with Crippen LogP contribution in [-0.2, 0) is 0 Å². The summed E-state index contributed by atoms with van der Waals surface area (Å²) in [6.45, 7) is 3.90. The van der Waals surface area contributed by atoms with Crippen LogP contribution in [0.5, 0.6) is 0 Å². The molecule has 2 aromatic rings. The molecule has 3 nitrogen and oxygen atoms in total. The third-order valence-corrected chi connectivity index (χ3v) is 2.70. The Kier molecular flexibility index (Phi) is 2.99. The maximum atomic E-state index is 5.85. The number of halogens is 1. The van der Waals surface area contributed by atoms with Crippen molar-refractivity contribution in [1.29, 1.82) is 0 Å². The van der Waals surface area contributed by atoms with Crippen LogP contribution in [-0.4, -0.2) is 9.97 Å². The number of hydrogen-bond acceptors (Lipinski definition) is 2. The monoisotopic (exact) mass is 235 g/mol. The van der Waals surface area contributed by atoms with E-state index >= 15 is 0 Å². The molecular formula is C12H14ClN3. The Morgan fingerprint density at radius 3 is 2.44 bits per heavy atom. The van der Waals surface area contributed by atoms with Crippen LogP contribution in [0.3, 0.4) is 0 Å². The molecule has 0 aliphatic rings. The van der Waals surface area contributed by atoms with Gasteiger partial charge in [-0.05, 0) is 26.0 Å². The highest BCUT2D eigenvalue weighted by Crippen LogP contribution is 2.24. The van der Waals surface area contributed by atoms with E-state index in [9.17, 15) is 0 Å². The lowest BCUT2D eigenvalue weighted by atomic mass is 10.1. The van der Waals surface area contributed by atoms with Gasteiger partial charge < -0.3 is 10.7 Å². The lowest BCUT2D eigenvalue weighted by molar-refractivity contribution is 0.754. The molecule has 0 saturated heterocycles. The van der Waals surface area contributed by atoms with Gasteiger partial charge in [0.2, 0.25) is 0 Å². The van der Waals surface area contributed by atoms with E-state index in [1.54, 1.807) is 0 Å². The van der Waals surface area contributed by atoms with Gasteiger partial charge in [0.15, 0.2) is 0 Å². The molecule has 0 amide bonds. The molecule has 0 bridgehead atoms. The molecule has 4 heteroatoms. The predicted octanol–water partition coefficient (Wildman–Crippen LogP) is 3.06. The Bertz CT molecular complexity index is 485. The lowest BCUT2D eigenvalue weighted by Crippen LogP contribution is -2.06. The molecule has 16 heavy (non-hydrogen) atoms. The Hall–Kier alpha value is -1.32. The second kappa shape index (κ2) is 4.28. The zero-order chi connectivity index (χ0) is 11.7. The fraction of sp³-hybridized carbons (Fsp3) is 0.250. The third kappa shape index (κ3) is 2.10. The molecule has 2 rings (SSSR count). The standard InChI is InChI=1S/C12H14ClN3/c1-7(14)12-15-8(2)11(16-12)9-3-5-10(13)6-4-9/h3-7H,14H2,1-2H3,(H,15,16)/t7-/m0/s1. The number of aromatic amines is 1. The molecule has 0 fully saturated rings. The Morgan fingerprint density at radius 2 is 1.94 bits per heavy atom. The highest BCUT2D eigenvalue weighted by molar-refractivity contribution is 6.30. The zero-order valence-corrected chi connectivity index (χ0v) is 10.0. The minimum atomic E-state index is -0.0836. The summed E-state index contributed by atoms with van der Waals surface area (Å²) in [5.41, 5.74) is 8.79. The van der Waals surface area contributed by atoms with E-state index in [2.05, 4.69) is 9.97 Å². The van der Waals surface area contributed by atoms with E-state index < -0.39 is 0 Å². The molecule has 1 aromatic heterocycles. The van der Waals surface area contributed by atoms with E-state index in [1.165, 1.54) is 0 Å². The number of imidazole rings is 1. The van der Waals surface area contributed by atoms with E-state index in [1.807, 2.05) is 38.1 Å². The quantitative estimate of drug-likeness (QED) is 0.841. The van der Waals surface area contributed by atoms with Gasteiger partial charge in [-0.15, -0.1) is 0 Å². The first-order valence-corrected chi connectivity index (χ1v) is 5.53. The number of rotatable bonds is 2. The predicted molar refractivity (Wildman–Crippen MR) is 66.4 cm³/mol. The van der Waals surface area contributed by atoms with Crippen LogP contribution in [0.25, 0.3) is 11.3 Å². The normalized spacial score (nSPS) is 12.8. The van der Waals surface area contributed by atoms with Crippen molar-refractivity contribution in [2.75, 3.05) is 0 Å². The van der Waals surface area contributed by atoms with Crippen molar-refractivity contribution in [2.45, 2.75) is 19.9 Å². The van der Waals surface area contributed by atoms with Crippen molar-refractivity contribution in [3.63, 3.8) is 0 Å². The second-order valence-electron chi connectivity index (χ2n) is 3.89. The number of nitrogens with one attached hydrogen (secondary N) is 1. The SMILES string of the molecule is Cc1[nH]c([C@H](C)N)nc1-c1ccc(Cl)cc1. The van der Waals surface area contributed by atoms with E-state index in [4.69, 9.17) is 17.3 Å². The van der Waals surface area contributed by atoms with Gasteiger partial charge in [0.1, 0.15) is 5.82 Å². The van der Waals surface area contributed by atoms with Crippen LogP contribution >= 0.6 is 11.6 Å². The first kappa shape index (κ1) is 11.2. The summed E-state index contributed by atoms with van der Waals surface area (Å²) in [6, 6.07) is 7.54. The molecule has 1 aromatic carbocycles. The second-order valence-corrected chi connectivity index (χ2v) is 4.33. The van der Waals surface area contributed by atoms with Gasteiger partial charge >= 0.3 is 0 Å². The summed E-state index contributed by atoms with van der Waals surface area (Å²) < 4.78 is 0. The molecule has 0 spiro atoms. The highest BCUT2D eigenvalue weighted by atomic mass is 35.5. The molecule has 3 N–H and O–H groups in total. The number of benzene rings is 1. The van der Waals surface area contributed by atoms with Crippen LogP contribution in [0, 0.1) is 6.92 Å². The van der Waals surface area contributed by atoms with Crippen molar-refractivity contribution in [1.82, 2.24) is 9.97 Å². The van der Waals surface area contributed by atoms with E-state index in [-0.39, 0.29) is 6.04 Å². The first-order chi connectivity index (χ1) is 7.58. The smallest absolute Gasteiger partial charge is 0.123 e. The molecule has 1 atom stereocenters. The highest BCUT2D eigenvalue weighted by Gasteiger charge is 2.10. The molecule has 0 unspecified atom stereocenters. The van der Waals surface area contributed by atoms with E-state index in [0.29, 0.717) is 0 Å². The van der Waals surface area contributed by atoms with Crippen LogP contribution in [0.1, 0.15) is 24.5 Å². The molecule has 0 saturated carbocycles. The molecule has 0 aliphatic carbocycles. The number of hydrogen-bond donors (Lipinski definition) is 2. The molecule has 1 heterocycles. The van der Waals surface area contributed by atoms with Crippen molar-refractivity contribution in [3.8, 4) is 11.3 Å². The Morgan fingerprint density at radius 1 is 1.31 bits per heavy atom. The summed E-state index contributed by atoms with van der Waals surface area (Å²) >= 11 is 5.85. The van der Waals surface area contributed by atoms with Crippen LogP contribution in [0.4, 0.5) is 0 Å². The number of nitrogens with zero attached hydrogens (tertiary/aromatic N) is 1. The number of H-pyrrole nitrogens is 1. The van der Waals surface area contributed by atoms with Crippen molar-refractivity contribution in [3.05, 3.63) is 40.8 Å². The minimum Gasteiger partial charge on any atom is -0.344 e. The van der Waals surface area contributed by atoms with Gasteiger partial charge in [0, 0.05) is 16.3 Å². The summed E-state index contributed by atoms with van der Waals surface area (Å²) in [5.74, 6) is 0.808. The number of aromatic nitrogens is 2. The molecule has 84 valence electrons. The molecular weight excluding hydrogens is 222 g/mol. The van der Waals surface area contributed by atoms with Crippen molar-refractivity contribution < 1.29 is 0 Å². The average Bonchev–Trinajstić information content (AvgIpc) is 2.62. The maximum absolute atomic E-state index is 5.85. The Labute approximate surface area is 99.7 Å². The molecule has 0 radical (unpaired) electrons. The van der Waals surface area contributed by atoms with Crippen LogP contribution in [0.15, 0.2) is 24.3 Å². The lowest BCUT2D eigenvalue weighted by Gasteiger charge is -1.99. The summed E-state index contributed by atoms with van der Waals surface area (Å²) in [4.78, 5) is 7.67. The van der Waals surface area contributed by atoms with Crippen molar-refractivity contribution >= 4 is 11.6 Å². The summed E-state index contributed by atoms with van der Waals surface area (Å²) in [7, 11) is 0.